The fraction of sp³-hybridized carbons (Fsp3) is 0.567. The quantitative estimate of drug-likeness (QED) is 0.486. The first-order valence-electron chi connectivity index (χ1n) is 14.1. The van der Waals surface area contributed by atoms with E-state index in [-0.39, 0.29) is 30.9 Å². The van der Waals surface area contributed by atoms with Gasteiger partial charge in [-0.2, -0.15) is 0 Å². The van der Waals surface area contributed by atoms with Crippen molar-refractivity contribution in [1.29, 1.82) is 0 Å². The first kappa shape index (κ1) is 27.4. The summed E-state index contributed by atoms with van der Waals surface area (Å²) < 4.78 is 12.4. The molecule has 0 saturated carbocycles. The number of hydrogen-bond donors (Lipinski definition) is 1. The largest absolute Gasteiger partial charge is 0.494 e. The molecule has 5 atom stereocenters. The lowest BCUT2D eigenvalue weighted by molar-refractivity contribution is -0.151. The minimum atomic E-state index is -1.27. The molecule has 4 heterocycles. The number of ether oxygens (including phenoxy) is 2. The van der Waals surface area contributed by atoms with E-state index in [1.54, 1.807) is 14.7 Å². The number of nitrogens with zero attached hydrogens (tertiary/aromatic N) is 3. The van der Waals surface area contributed by atoms with Crippen molar-refractivity contribution in [2.45, 2.75) is 57.3 Å². The van der Waals surface area contributed by atoms with Crippen LogP contribution in [0.4, 0.5) is 5.69 Å². The number of hydrogen-bond acceptors (Lipinski definition) is 6. The number of carbonyl (C=O) groups is 3. The van der Waals surface area contributed by atoms with Crippen LogP contribution < -0.4 is 9.64 Å². The van der Waals surface area contributed by atoms with Gasteiger partial charge in [-0.1, -0.05) is 37.6 Å². The molecule has 2 saturated heterocycles. The van der Waals surface area contributed by atoms with Crippen LogP contribution in [0.15, 0.2) is 48.6 Å². The van der Waals surface area contributed by atoms with E-state index in [9.17, 15) is 19.5 Å². The number of aliphatic hydroxyl groups excluding tert-OH is 1. The summed E-state index contributed by atoms with van der Waals surface area (Å²) >= 11 is 0. The van der Waals surface area contributed by atoms with Crippen molar-refractivity contribution in [3.8, 4) is 5.75 Å². The maximum Gasteiger partial charge on any atom is 0.249 e. The summed E-state index contributed by atoms with van der Waals surface area (Å²) in [7, 11) is 0. The van der Waals surface area contributed by atoms with Gasteiger partial charge in [-0.25, -0.2) is 0 Å². The van der Waals surface area contributed by atoms with Crippen molar-refractivity contribution in [3.05, 3.63) is 48.6 Å². The molecule has 3 amide bonds. The summed E-state index contributed by atoms with van der Waals surface area (Å²) in [5.74, 6) is -1.61. The Morgan fingerprint density at radius 1 is 0.949 bits per heavy atom. The van der Waals surface area contributed by atoms with Gasteiger partial charge in [0.25, 0.3) is 0 Å². The predicted molar refractivity (Wildman–Crippen MR) is 146 cm³/mol. The lowest BCUT2D eigenvalue weighted by Crippen LogP contribution is -2.56. The smallest absolute Gasteiger partial charge is 0.249 e. The standard InChI is InChI=1S/C30H39N3O6/c1-4-6-16-31-17-8-15-30-24(27(36)33(19-9-20-34)25(30)28(31)37)23-26(35)32(18-7-14-29(23,3)39-30)21-10-12-22(13-11-21)38-5-2/h7-8,10-15,23-25,34H,4-6,9,16-20H2,1-3H3/t23-,24+,25?,29+,30+/m1/s1. The molecular weight excluding hydrogens is 498 g/mol. The third-order valence-corrected chi connectivity index (χ3v) is 8.44. The van der Waals surface area contributed by atoms with Gasteiger partial charge >= 0.3 is 0 Å². The number of amides is 3. The first-order valence-corrected chi connectivity index (χ1v) is 14.1. The van der Waals surface area contributed by atoms with Gasteiger partial charge in [0.1, 0.15) is 17.4 Å². The van der Waals surface area contributed by atoms with Gasteiger partial charge in [0, 0.05) is 38.5 Å². The fourth-order valence-electron chi connectivity index (χ4n) is 6.72. The molecule has 1 spiro atoms. The molecule has 1 aromatic carbocycles. The Morgan fingerprint density at radius 2 is 1.69 bits per heavy atom. The second kappa shape index (κ2) is 10.8. The van der Waals surface area contributed by atoms with Gasteiger partial charge in [0.2, 0.25) is 17.7 Å². The Labute approximate surface area is 230 Å². The molecule has 4 aliphatic rings. The van der Waals surface area contributed by atoms with Gasteiger partial charge in [0.15, 0.2) is 0 Å². The van der Waals surface area contributed by atoms with E-state index in [0.717, 1.165) is 18.6 Å². The molecule has 1 N–H and O–H groups in total. The molecule has 1 aromatic rings. The van der Waals surface area contributed by atoms with E-state index >= 15 is 0 Å². The predicted octanol–water partition coefficient (Wildman–Crippen LogP) is 2.54. The molecule has 210 valence electrons. The molecule has 1 unspecified atom stereocenters. The molecular formula is C30H39N3O6. The molecule has 2 fully saturated rings. The van der Waals surface area contributed by atoms with Gasteiger partial charge in [-0.3, -0.25) is 14.4 Å². The summed E-state index contributed by atoms with van der Waals surface area (Å²) in [5, 5.41) is 9.56. The van der Waals surface area contributed by atoms with Crippen LogP contribution in [0.5, 0.6) is 5.75 Å². The summed E-state index contributed by atoms with van der Waals surface area (Å²) in [6.45, 7) is 7.86. The molecule has 0 aliphatic carbocycles. The third-order valence-electron chi connectivity index (χ3n) is 8.44. The van der Waals surface area contributed by atoms with E-state index in [1.807, 2.05) is 62.4 Å². The average molecular weight is 538 g/mol. The van der Waals surface area contributed by atoms with Gasteiger partial charge < -0.3 is 29.3 Å². The lowest BCUT2D eigenvalue weighted by Gasteiger charge is -2.37. The van der Waals surface area contributed by atoms with E-state index in [0.29, 0.717) is 38.3 Å². The maximum atomic E-state index is 14.3. The van der Waals surface area contributed by atoms with Crippen LogP contribution >= 0.6 is 0 Å². The van der Waals surface area contributed by atoms with E-state index in [1.165, 1.54) is 0 Å². The summed E-state index contributed by atoms with van der Waals surface area (Å²) in [5.41, 5.74) is -1.64. The lowest BCUT2D eigenvalue weighted by atomic mass is 9.74. The highest BCUT2D eigenvalue weighted by molar-refractivity contribution is 6.04. The number of unbranched alkanes of at least 4 members (excludes halogenated alkanes) is 1. The Balaban J connectivity index is 1.56. The topological polar surface area (TPSA) is 99.6 Å². The highest BCUT2D eigenvalue weighted by atomic mass is 16.5. The fourth-order valence-corrected chi connectivity index (χ4v) is 6.72. The molecule has 0 bridgehead atoms. The first-order chi connectivity index (χ1) is 18.8. The van der Waals surface area contributed by atoms with Crippen molar-refractivity contribution in [1.82, 2.24) is 9.80 Å². The number of benzene rings is 1. The van der Waals surface area contributed by atoms with Crippen LogP contribution in [0.1, 0.15) is 40.0 Å². The summed E-state index contributed by atoms with van der Waals surface area (Å²) in [4.78, 5) is 47.6. The van der Waals surface area contributed by atoms with Crippen molar-refractivity contribution in [2.24, 2.45) is 11.8 Å². The minimum absolute atomic E-state index is 0.104. The number of carbonyl (C=O) groups excluding carboxylic acids is 3. The van der Waals surface area contributed by atoms with Crippen LogP contribution in [0.2, 0.25) is 0 Å². The molecule has 0 radical (unpaired) electrons. The van der Waals surface area contributed by atoms with Crippen molar-refractivity contribution in [3.63, 3.8) is 0 Å². The molecule has 9 heteroatoms. The van der Waals surface area contributed by atoms with E-state index < -0.39 is 29.1 Å². The van der Waals surface area contributed by atoms with Gasteiger partial charge in [0.05, 0.1) is 24.0 Å². The van der Waals surface area contributed by atoms with Gasteiger partial charge in [-0.05, 0) is 51.0 Å². The molecule has 0 aromatic heterocycles. The Morgan fingerprint density at radius 3 is 2.38 bits per heavy atom. The monoisotopic (exact) mass is 537 g/mol. The maximum absolute atomic E-state index is 14.3. The Bertz CT molecular complexity index is 1170. The van der Waals surface area contributed by atoms with Crippen LogP contribution in [-0.2, 0) is 19.1 Å². The average Bonchev–Trinajstić information content (AvgIpc) is 3.19. The number of anilines is 1. The van der Waals surface area contributed by atoms with E-state index in [4.69, 9.17) is 9.47 Å². The molecule has 5 rings (SSSR count). The van der Waals surface area contributed by atoms with Crippen molar-refractivity contribution in [2.75, 3.05) is 44.3 Å². The van der Waals surface area contributed by atoms with Crippen LogP contribution in [0, 0.1) is 11.8 Å². The third kappa shape index (κ3) is 4.45. The zero-order valence-electron chi connectivity index (χ0n) is 23.0. The van der Waals surface area contributed by atoms with Crippen molar-refractivity contribution >= 4 is 23.4 Å². The minimum Gasteiger partial charge on any atom is -0.494 e. The zero-order chi connectivity index (χ0) is 27.8. The molecule has 9 nitrogen and oxygen atoms in total. The van der Waals surface area contributed by atoms with Gasteiger partial charge in [-0.15, -0.1) is 0 Å². The summed E-state index contributed by atoms with van der Waals surface area (Å²) in [6, 6.07) is 6.47. The van der Waals surface area contributed by atoms with Crippen molar-refractivity contribution < 1.29 is 29.0 Å². The van der Waals surface area contributed by atoms with E-state index in [2.05, 4.69) is 6.92 Å². The Kier molecular flexibility index (Phi) is 7.57. The number of fused-ring (bicyclic) bond motifs is 2. The van der Waals surface area contributed by atoms with Crippen LogP contribution in [0.25, 0.3) is 0 Å². The highest BCUT2D eigenvalue weighted by Gasteiger charge is 2.74. The highest BCUT2D eigenvalue weighted by Crippen LogP contribution is 2.57. The number of rotatable bonds is 9. The van der Waals surface area contributed by atoms with Crippen LogP contribution in [-0.4, -0.2) is 89.3 Å². The Hall–Kier alpha value is -3.17. The SMILES string of the molecule is CCCCN1CC=C[C@]23O[C@@]4(C)C=CCN(c5ccc(OCC)cc5)C(=O)[C@H]4[C@H]2C(=O)N(CCCO)C3C1=O. The second-order valence-corrected chi connectivity index (χ2v) is 10.9. The summed E-state index contributed by atoms with van der Waals surface area (Å²) in [6.07, 6.45) is 9.71. The molecule has 4 aliphatic heterocycles. The number of aliphatic hydroxyl groups is 1. The zero-order valence-corrected chi connectivity index (χ0v) is 23.0. The van der Waals surface area contributed by atoms with Crippen LogP contribution in [0.3, 0.4) is 0 Å². The normalized spacial score (nSPS) is 31.7. The second-order valence-electron chi connectivity index (χ2n) is 10.9. The molecule has 39 heavy (non-hydrogen) atoms. The number of likely N-dealkylation sites (tertiary alicyclic amines) is 1.